The second-order valence-corrected chi connectivity index (χ2v) is 6.44. The lowest BCUT2D eigenvalue weighted by molar-refractivity contribution is -0.136. The van der Waals surface area contributed by atoms with Crippen molar-refractivity contribution in [3.8, 4) is 11.5 Å². The van der Waals surface area contributed by atoms with Gasteiger partial charge in [-0.25, -0.2) is 0 Å². The van der Waals surface area contributed by atoms with Gasteiger partial charge in [-0.15, -0.1) is 0 Å². The highest BCUT2D eigenvalue weighted by Crippen LogP contribution is 2.31. The van der Waals surface area contributed by atoms with E-state index < -0.39 is 0 Å². The van der Waals surface area contributed by atoms with Crippen molar-refractivity contribution in [3.63, 3.8) is 0 Å². The molecule has 4 heteroatoms. The van der Waals surface area contributed by atoms with Gasteiger partial charge in [0.05, 0.1) is 19.6 Å². The fraction of sp³-hybridized carbons (Fsp3) is 0.611. The molecular formula is C18H25NO3. The van der Waals surface area contributed by atoms with Gasteiger partial charge in [0, 0.05) is 18.5 Å². The second kappa shape index (κ2) is 6.59. The molecule has 0 bridgehead atoms. The number of fused-ring (bicyclic) bond motifs is 1. The van der Waals surface area contributed by atoms with E-state index in [4.69, 9.17) is 9.47 Å². The van der Waals surface area contributed by atoms with E-state index in [0.717, 1.165) is 36.3 Å². The van der Waals surface area contributed by atoms with Crippen LogP contribution in [0.25, 0.3) is 0 Å². The molecule has 0 aromatic heterocycles. The van der Waals surface area contributed by atoms with Crippen LogP contribution >= 0.6 is 0 Å². The van der Waals surface area contributed by atoms with Crippen LogP contribution in [0.15, 0.2) is 18.2 Å². The maximum absolute atomic E-state index is 12.7. The summed E-state index contributed by atoms with van der Waals surface area (Å²) in [7, 11) is 0. The van der Waals surface area contributed by atoms with Gasteiger partial charge in [-0.2, -0.15) is 0 Å². The number of likely N-dealkylation sites (tertiary alicyclic amines) is 1. The van der Waals surface area contributed by atoms with Crippen LogP contribution in [0.4, 0.5) is 0 Å². The zero-order valence-electron chi connectivity index (χ0n) is 13.5. The van der Waals surface area contributed by atoms with E-state index in [1.807, 2.05) is 18.2 Å². The normalized spacial score (nSPS) is 24.7. The maximum Gasteiger partial charge on any atom is 0.227 e. The maximum atomic E-state index is 12.7. The number of piperidine rings is 1. The lowest BCUT2D eigenvalue weighted by Crippen LogP contribution is -2.48. The minimum atomic E-state index is 0.217. The van der Waals surface area contributed by atoms with Gasteiger partial charge in [0.15, 0.2) is 11.5 Å². The molecule has 0 radical (unpaired) electrons. The van der Waals surface area contributed by atoms with Gasteiger partial charge < -0.3 is 14.4 Å². The summed E-state index contributed by atoms with van der Waals surface area (Å²) >= 11 is 0. The van der Waals surface area contributed by atoms with Crippen molar-refractivity contribution in [2.24, 2.45) is 0 Å². The molecule has 2 aliphatic rings. The number of hydrogen-bond acceptors (Lipinski definition) is 3. The van der Waals surface area contributed by atoms with Crippen molar-refractivity contribution in [1.29, 1.82) is 0 Å². The number of ether oxygens (including phenoxy) is 2. The van der Waals surface area contributed by atoms with Gasteiger partial charge >= 0.3 is 0 Å². The summed E-state index contributed by atoms with van der Waals surface area (Å²) in [6.07, 6.45) is 4.77. The molecule has 0 aliphatic carbocycles. The molecule has 0 saturated carbocycles. The van der Waals surface area contributed by atoms with Crippen LogP contribution in [0.1, 0.15) is 45.1 Å². The third kappa shape index (κ3) is 3.21. The molecule has 1 aromatic rings. The van der Waals surface area contributed by atoms with Gasteiger partial charge in [-0.05, 0) is 50.8 Å². The first-order chi connectivity index (χ1) is 10.6. The number of rotatable bonds is 2. The monoisotopic (exact) mass is 303 g/mol. The SMILES string of the molecule is CC1CCCC(C)N1C(=O)Cc1ccc2c(c1)OCCCO2. The highest BCUT2D eigenvalue weighted by molar-refractivity contribution is 5.79. The Morgan fingerprint density at radius 2 is 1.77 bits per heavy atom. The molecule has 120 valence electrons. The van der Waals surface area contributed by atoms with Crippen molar-refractivity contribution in [1.82, 2.24) is 4.90 Å². The summed E-state index contributed by atoms with van der Waals surface area (Å²) in [5.41, 5.74) is 0.999. The van der Waals surface area contributed by atoms with Gasteiger partial charge in [-0.3, -0.25) is 4.79 Å². The fourth-order valence-corrected chi connectivity index (χ4v) is 3.50. The smallest absolute Gasteiger partial charge is 0.227 e. The van der Waals surface area contributed by atoms with Crippen molar-refractivity contribution in [2.45, 2.75) is 58.0 Å². The summed E-state index contributed by atoms with van der Waals surface area (Å²) in [5, 5.41) is 0. The van der Waals surface area contributed by atoms with Crippen molar-refractivity contribution in [3.05, 3.63) is 23.8 Å². The lowest BCUT2D eigenvalue weighted by Gasteiger charge is -2.39. The zero-order valence-corrected chi connectivity index (χ0v) is 13.5. The van der Waals surface area contributed by atoms with Gasteiger partial charge in [-0.1, -0.05) is 6.07 Å². The molecule has 0 spiro atoms. The molecule has 22 heavy (non-hydrogen) atoms. The predicted octanol–water partition coefficient (Wildman–Crippen LogP) is 3.18. The first-order valence-corrected chi connectivity index (χ1v) is 8.35. The average Bonchev–Trinajstić information content (AvgIpc) is 2.72. The molecule has 0 N–H and O–H groups in total. The van der Waals surface area contributed by atoms with E-state index in [1.165, 1.54) is 6.42 Å². The van der Waals surface area contributed by atoms with E-state index in [2.05, 4.69) is 18.7 Å². The van der Waals surface area contributed by atoms with Crippen LogP contribution in [0.3, 0.4) is 0 Å². The van der Waals surface area contributed by atoms with Crippen molar-refractivity contribution in [2.75, 3.05) is 13.2 Å². The molecule has 1 aromatic carbocycles. The molecule has 1 fully saturated rings. The van der Waals surface area contributed by atoms with Crippen LogP contribution in [-0.2, 0) is 11.2 Å². The Morgan fingerprint density at radius 1 is 1.09 bits per heavy atom. The molecule has 2 heterocycles. The summed E-state index contributed by atoms with van der Waals surface area (Å²) in [6.45, 7) is 5.67. The van der Waals surface area contributed by atoms with Crippen molar-refractivity contribution >= 4 is 5.91 Å². The van der Waals surface area contributed by atoms with Gasteiger partial charge in [0.1, 0.15) is 0 Å². The first-order valence-electron chi connectivity index (χ1n) is 8.35. The second-order valence-electron chi connectivity index (χ2n) is 6.44. The highest BCUT2D eigenvalue weighted by Gasteiger charge is 2.28. The Morgan fingerprint density at radius 3 is 2.50 bits per heavy atom. The summed E-state index contributed by atoms with van der Waals surface area (Å²) < 4.78 is 11.3. The molecule has 4 nitrogen and oxygen atoms in total. The largest absolute Gasteiger partial charge is 0.490 e. The number of hydrogen-bond donors (Lipinski definition) is 0. The Labute approximate surface area is 132 Å². The topological polar surface area (TPSA) is 38.8 Å². The number of carbonyl (C=O) groups is 1. The third-order valence-corrected chi connectivity index (χ3v) is 4.65. The molecule has 3 rings (SSSR count). The Kier molecular flexibility index (Phi) is 4.55. The molecule has 2 unspecified atom stereocenters. The van der Waals surface area contributed by atoms with E-state index in [-0.39, 0.29) is 5.91 Å². The van der Waals surface area contributed by atoms with E-state index >= 15 is 0 Å². The molecule has 1 amide bonds. The van der Waals surface area contributed by atoms with Crippen LogP contribution in [0.5, 0.6) is 11.5 Å². The molecule has 1 saturated heterocycles. The minimum Gasteiger partial charge on any atom is -0.490 e. The zero-order chi connectivity index (χ0) is 15.5. The Balaban J connectivity index is 1.72. The molecule has 2 aliphatic heterocycles. The standard InChI is InChI=1S/C18H25NO3/c1-13-5-3-6-14(2)19(13)18(20)12-15-7-8-16-17(11-15)22-10-4-9-21-16/h7-8,11,13-14H,3-6,9-10,12H2,1-2H3. The lowest BCUT2D eigenvalue weighted by atomic mass is 9.96. The van der Waals surface area contributed by atoms with Crippen LogP contribution in [0.2, 0.25) is 0 Å². The van der Waals surface area contributed by atoms with E-state index in [1.54, 1.807) is 0 Å². The fourth-order valence-electron chi connectivity index (χ4n) is 3.50. The van der Waals surface area contributed by atoms with Crippen molar-refractivity contribution < 1.29 is 14.3 Å². The average molecular weight is 303 g/mol. The molecular weight excluding hydrogens is 278 g/mol. The number of carbonyl (C=O) groups excluding carboxylic acids is 1. The minimum absolute atomic E-state index is 0.217. The van der Waals surface area contributed by atoms with E-state index in [9.17, 15) is 4.79 Å². The quantitative estimate of drug-likeness (QED) is 0.842. The highest BCUT2D eigenvalue weighted by atomic mass is 16.5. The van der Waals surface area contributed by atoms with Crippen LogP contribution in [0, 0.1) is 0 Å². The first kappa shape index (κ1) is 15.2. The summed E-state index contributed by atoms with van der Waals surface area (Å²) in [6, 6.07) is 6.54. The van der Waals surface area contributed by atoms with Crippen LogP contribution in [-0.4, -0.2) is 36.1 Å². The number of amides is 1. The predicted molar refractivity (Wildman–Crippen MR) is 85.4 cm³/mol. The number of benzene rings is 1. The molecule has 2 atom stereocenters. The Hall–Kier alpha value is -1.71. The third-order valence-electron chi connectivity index (χ3n) is 4.65. The van der Waals surface area contributed by atoms with Gasteiger partial charge in [0.25, 0.3) is 0 Å². The van der Waals surface area contributed by atoms with Crippen LogP contribution < -0.4 is 9.47 Å². The Bertz CT molecular complexity index is 533. The number of nitrogens with zero attached hydrogens (tertiary/aromatic N) is 1. The summed E-state index contributed by atoms with van der Waals surface area (Å²) in [4.78, 5) is 14.7. The summed E-state index contributed by atoms with van der Waals surface area (Å²) in [5.74, 6) is 1.77. The van der Waals surface area contributed by atoms with E-state index in [0.29, 0.717) is 31.7 Å². The van der Waals surface area contributed by atoms with Gasteiger partial charge in [0.2, 0.25) is 5.91 Å².